The third kappa shape index (κ3) is 2.67. The second-order valence-corrected chi connectivity index (χ2v) is 5.09. The molecule has 1 aromatic heterocycles. The van der Waals surface area contributed by atoms with Crippen LogP contribution in [0.3, 0.4) is 0 Å². The van der Waals surface area contributed by atoms with Crippen LogP contribution in [0, 0.1) is 20.8 Å². The fourth-order valence-corrected chi connectivity index (χ4v) is 2.64. The van der Waals surface area contributed by atoms with Gasteiger partial charge in [0.1, 0.15) is 0 Å². The van der Waals surface area contributed by atoms with Crippen molar-refractivity contribution in [1.29, 1.82) is 0 Å². The average Bonchev–Trinajstić information content (AvgIpc) is 2.54. The summed E-state index contributed by atoms with van der Waals surface area (Å²) in [5.74, 6) is 0. The van der Waals surface area contributed by atoms with Crippen LogP contribution in [0.25, 0.3) is 0 Å². The summed E-state index contributed by atoms with van der Waals surface area (Å²) in [5, 5.41) is 0.921. The van der Waals surface area contributed by atoms with Gasteiger partial charge in [-0.05, 0) is 26.3 Å². The van der Waals surface area contributed by atoms with E-state index in [0.717, 1.165) is 44.4 Å². The van der Waals surface area contributed by atoms with E-state index in [1.54, 1.807) is 0 Å². The SMILES string of the molecule is Cc1c(Cl)c(C)n(CCN2CCOCC2)c1C. The Morgan fingerprint density at radius 3 is 2.24 bits per heavy atom. The number of rotatable bonds is 3. The Balaban J connectivity index is 2.01. The van der Waals surface area contributed by atoms with Crippen LogP contribution in [0.15, 0.2) is 0 Å². The topological polar surface area (TPSA) is 17.4 Å². The van der Waals surface area contributed by atoms with Crippen LogP contribution in [0.4, 0.5) is 0 Å². The van der Waals surface area contributed by atoms with Crippen molar-refractivity contribution in [2.24, 2.45) is 0 Å². The lowest BCUT2D eigenvalue weighted by Crippen LogP contribution is -2.38. The Hall–Kier alpha value is -0.510. The lowest BCUT2D eigenvalue weighted by Gasteiger charge is -2.27. The smallest absolute Gasteiger partial charge is 0.0644 e. The van der Waals surface area contributed by atoms with E-state index in [9.17, 15) is 0 Å². The third-order valence-electron chi connectivity index (χ3n) is 3.74. The van der Waals surface area contributed by atoms with Gasteiger partial charge in [0.15, 0.2) is 0 Å². The van der Waals surface area contributed by atoms with E-state index in [-0.39, 0.29) is 0 Å². The van der Waals surface area contributed by atoms with Crippen molar-refractivity contribution in [3.63, 3.8) is 0 Å². The maximum atomic E-state index is 6.27. The van der Waals surface area contributed by atoms with Crippen LogP contribution < -0.4 is 0 Å². The largest absolute Gasteiger partial charge is 0.379 e. The van der Waals surface area contributed by atoms with Gasteiger partial charge >= 0.3 is 0 Å². The Morgan fingerprint density at radius 2 is 1.71 bits per heavy atom. The van der Waals surface area contributed by atoms with Crippen LogP contribution in [-0.2, 0) is 11.3 Å². The van der Waals surface area contributed by atoms with Gasteiger partial charge in [0.25, 0.3) is 0 Å². The summed E-state index contributed by atoms with van der Waals surface area (Å²) < 4.78 is 7.68. The quantitative estimate of drug-likeness (QED) is 0.826. The highest BCUT2D eigenvalue weighted by atomic mass is 35.5. The van der Waals surface area contributed by atoms with Gasteiger partial charge in [-0.15, -0.1) is 0 Å². The van der Waals surface area contributed by atoms with E-state index in [1.807, 2.05) is 0 Å². The van der Waals surface area contributed by atoms with Gasteiger partial charge in [-0.3, -0.25) is 4.90 Å². The van der Waals surface area contributed by atoms with Gasteiger partial charge in [0.2, 0.25) is 0 Å². The van der Waals surface area contributed by atoms with Crippen LogP contribution in [-0.4, -0.2) is 42.3 Å². The fourth-order valence-electron chi connectivity index (χ4n) is 2.40. The highest BCUT2D eigenvalue weighted by Crippen LogP contribution is 2.26. The molecule has 0 amide bonds. The first kappa shape index (κ1) is 12.9. The molecule has 2 heterocycles. The maximum Gasteiger partial charge on any atom is 0.0644 e. The minimum Gasteiger partial charge on any atom is -0.379 e. The van der Waals surface area contributed by atoms with Gasteiger partial charge in [0, 0.05) is 37.6 Å². The van der Waals surface area contributed by atoms with Crippen molar-refractivity contribution < 1.29 is 4.74 Å². The molecule has 1 saturated heterocycles. The van der Waals surface area contributed by atoms with Gasteiger partial charge < -0.3 is 9.30 Å². The van der Waals surface area contributed by atoms with E-state index in [0.29, 0.717) is 0 Å². The standard InChI is InChI=1S/C13H21ClN2O/c1-10-11(2)16(12(3)13(10)14)5-4-15-6-8-17-9-7-15/h4-9H2,1-3H3. The summed E-state index contributed by atoms with van der Waals surface area (Å²) >= 11 is 6.27. The second-order valence-electron chi connectivity index (χ2n) is 4.72. The van der Waals surface area contributed by atoms with Gasteiger partial charge in [0.05, 0.1) is 18.2 Å². The molecule has 0 N–H and O–H groups in total. The zero-order chi connectivity index (χ0) is 12.4. The highest BCUT2D eigenvalue weighted by Gasteiger charge is 2.14. The van der Waals surface area contributed by atoms with Crippen molar-refractivity contribution in [1.82, 2.24) is 9.47 Å². The molecule has 0 aliphatic carbocycles. The summed E-state index contributed by atoms with van der Waals surface area (Å²) in [4.78, 5) is 2.45. The Labute approximate surface area is 108 Å². The van der Waals surface area contributed by atoms with E-state index < -0.39 is 0 Å². The van der Waals surface area contributed by atoms with Crippen LogP contribution in [0.2, 0.25) is 5.02 Å². The summed E-state index contributed by atoms with van der Waals surface area (Å²) in [5.41, 5.74) is 3.70. The van der Waals surface area contributed by atoms with E-state index in [1.165, 1.54) is 17.0 Å². The number of ether oxygens (including phenoxy) is 1. The molecule has 0 spiro atoms. The third-order valence-corrected chi connectivity index (χ3v) is 4.30. The summed E-state index contributed by atoms with van der Waals surface area (Å²) in [6.45, 7) is 12.3. The monoisotopic (exact) mass is 256 g/mol. The van der Waals surface area contributed by atoms with Crippen molar-refractivity contribution in [2.75, 3.05) is 32.8 Å². The molecule has 0 saturated carbocycles. The number of hydrogen-bond donors (Lipinski definition) is 0. The lowest BCUT2D eigenvalue weighted by molar-refractivity contribution is 0.0363. The van der Waals surface area contributed by atoms with Gasteiger partial charge in [-0.2, -0.15) is 0 Å². The molecule has 0 atom stereocenters. The summed E-state index contributed by atoms with van der Waals surface area (Å²) in [6.07, 6.45) is 0. The maximum absolute atomic E-state index is 6.27. The Kier molecular flexibility index (Phi) is 4.13. The first-order valence-electron chi connectivity index (χ1n) is 6.23. The Morgan fingerprint density at radius 1 is 1.06 bits per heavy atom. The van der Waals surface area contributed by atoms with Crippen molar-refractivity contribution in [3.05, 3.63) is 22.0 Å². The average molecular weight is 257 g/mol. The molecule has 3 nitrogen and oxygen atoms in total. The van der Waals surface area contributed by atoms with Crippen LogP contribution in [0.5, 0.6) is 0 Å². The molecule has 0 aromatic carbocycles. The molecule has 1 aliphatic heterocycles. The number of nitrogens with zero attached hydrogens (tertiary/aromatic N) is 2. The van der Waals surface area contributed by atoms with Crippen molar-refractivity contribution in [3.8, 4) is 0 Å². The molecular formula is C13H21ClN2O. The predicted octanol–water partition coefficient (Wildman–Crippen LogP) is 2.40. The number of halogens is 1. The zero-order valence-corrected chi connectivity index (χ0v) is 11.7. The molecule has 0 bridgehead atoms. The molecule has 1 fully saturated rings. The minimum absolute atomic E-state index is 0.865. The van der Waals surface area contributed by atoms with E-state index >= 15 is 0 Å². The van der Waals surface area contributed by atoms with E-state index in [2.05, 4.69) is 30.2 Å². The molecule has 4 heteroatoms. The number of aromatic nitrogens is 1. The first-order valence-corrected chi connectivity index (χ1v) is 6.61. The zero-order valence-electron chi connectivity index (χ0n) is 10.9. The molecule has 0 unspecified atom stereocenters. The normalized spacial score (nSPS) is 17.6. The van der Waals surface area contributed by atoms with Gasteiger partial charge in [-0.25, -0.2) is 0 Å². The molecule has 1 aromatic rings. The Bertz CT molecular complexity index is 369. The van der Waals surface area contributed by atoms with Crippen molar-refractivity contribution >= 4 is 11.6 Å². The first-order chi connectivity index (χ1) is 8.11. The second kappa shape index (κ2) is 5.42. The van der Waals surface area contributed by atoms with Crippen LogP contribution in [0.1, 0.15) is 17.0 Å². The molecule has 1 aliphatic rings. The molecule has 96 valence electrons. The van der Waals surface area contributed by atoms with E-state index in [4.69, 9.17) is 16.3 Å². The predicted molar refractivity (Wildman–Crippen MR) is 70.9 cm³/mol. The fraction of sp³-hybridized carbons (Fsp3) is 0.692. The molecule has 0 radical (unpaired) electrons. The summed E-state index contributed by atoms with van der Waals surface area (Å²) in [7, 11) is 0. The highest BCUT2D eigenvalue weighted by molar-refractivity contribution is 6.32. The number of morpholine rings is 1. The van der Waals surface area contributed by atoms with Gasteiger partial charge in [-0.1, -0.05) is 11.6 Å². The van der Waals surface area contributed by atoms with Crippen LogP contribution >= 0.6 is 11.6 Å². The molecular weight excluding hydrogens is 236 g/mol. The summed E-state index contributed by atoms with van der Waals surface area (Å²) in [6, 6.07) is 0. The number of hydrogen-bond acceptors (Lipinski definition) is 2. The molecule has 2 rings (SSSR count). The lowest BCUT2D eigenvalue weighted by atomic mass is 10.3. The molecule has 17 heavy (non-hydrogen) atoms. The van der Waals surface area contributed by atoms with Crippen molar-refractivity contribution in [2.45, 2.75) is 27.3 Å². The minimum atomic E-state index is 0.865.